The lowest BCUT2D eigenvalue weighted by molar-refractivity contribution is -0.131. The molecule has 1 fully saturated rings. The number of fused-ring (bicyclic) bond motifs is 1. The number of aryl methyl sites for hydroxylation is 2. The lowest BCUT2D eigenvalue weighted by Crippen LogP contribution is -2.49. The van der Waals surface area contributed by atoms with Gasteiger partial charge >= 0.3 is 0 Å². The summed E-state index contributed by atoms with van der Waals surface area (Å²) in [5.74, 6) is 0.210. The number of carbonyl (C=O) groups excluding carboxylic acids is 6. The molecule has 0 spiro atoms. The van der Waals surface area contributed by atoms with Gasteiger partial charge in [0.15, 0.2) is 5.13 Å². The number of benzene rings is 2. The SMILES string of the molecule is CNC(=O)CCC(C=O)N1C(=O)c2cccc(NCCCCCC(=O)N3CCN(c4cc(Nc5ncc(C(=O)Nc6c(C)cccc6Cl)s5)nc(C)n4)CC3)c2C1=O. The minimum absolute atomic E-state index is 0.00698. The van der Waals surface area contributed by atoms with Gasteiger partial charge in [0.05, 0.1) is 34.1 Å². The van der Waals surface area contributed by atoms with Crippen LogP contribution in [0.2, 0.25) is 5.02 Å². The van der Waals surface area contributed by atoms with E-state index in [0.29, 0.717) is 89.9 Å². The predicted octanol–water partition coefficient (Wildman–Crippen LogP) is 5.21. The van der Waals surface area contributed by atoms with Crippen LogP contribution in [-0.2, 0) is 14.4 Å². The van der Waals surface area contributed by atoms with E-state index >= 15 is 0 Å². The van der Waals surface area contributed by atoms with Gasteiger partial charge in [-0.3, -0.25) is 28.9 Å². The van der Waals surface area contributed by atoms with E-state index in [9.17, 15) is 28.8 Å². The number of amides is 5. The third-order valence-electron chi connectivity index (χ3n) is 9.97. The molecule has 304 valence electrons. The van der Waals surface area contributed by atoms with Gasteiger partial charge in [-0.15, -0.1) is 0 Å². The zero-order valence-corrected chi connectivity index (χ0v) is 34.0. The van der Waals surface area contributed by atoms with Gasteiger partial charge in [-0.25, -0.2) is 15.0 Å². The molecule has 4 aromatic rings. The van der Waals surface area contributed by atoms with Crippen molar-refractivity contribution in [3.63, 3.8) is 0 Å². The highest BCUT2D eigenvalue weighted by atomic mass is 35.5. The minimum Gasteiger partial charge on any atom is -0.384 e. The van der Waals surface area contributed by atoms with Crippen LogP contribution in [0.25, 0.3) is 0 Å². The number of anilines is 5. The Morgan fingerprint density at radius 2 is 1.74 bits per heavy atom. The number of nitrogens with zero attached hydrogens (tertiary/aromatic N) is 6. The van der Waals surface area contributed by atoms with Gasteiger partial charge in [-0.2, -0.15) is 0 Å². The molecule has 1 saturated heterocycles. The van der Waals surface area contributed by atoms with E-state index in [2.05, 4.69) is 41.1 Å². The average Bonchev–Trinajstić information content (AvgIpc) is 3.79. The molecular weight excluding hydrogens is 784 g/mol. The highest BCUT2D eigenvalue weighted by Gasteiger charge is 2.41. The highest BCUT2D eigenvalue weighted by molar-refractivity contribution is 7.17. The first-order chi connectivity index (χ1) is 28.0. The fourth-order valence-electron chi connectivity index (χ4n) is 6.85. The molecule has 0 aliphatic carbocycles. The van der Waals surface area contributed by atoms with Crippen molar-refractivity contribution in [2.45, 2.75) is 58.4 Å². The number of imide groups is 1. The Kier molecular flexibility index (Phi) is 13.7. The molecule has 2 aromatic carbocycles. The first kappa shape index (κ1) is 41.7. The maximum atomic E-state index is 13.3. The van der Waals surface area contributed by atoms with Crippen molar-refractivity contribution in [3.05, 3.63) is 81.1 Å². The minimum atomic E-state index is -1.04. The number of aromatic nitrogens is 3. The molecule has 2 aliphatic rings. The summed E-state index contributed by atoms with van der Waals surface area (Å²) in [6, 6.07) is 11.2. The van der Waals surface area contributed by atoms with Gasteiger partial charge in [-0.05, 0) is 56.9 Å². The van der Waals surface area contributed by atoms with Crippen LogP contribution >= 0.6 is 22.9 Å². The first-order valence-corrected chi connectivity index (χ1v) is 20.2. The molecule has 16 nitrogen and oxygen atoms in total. The molecule has 1 atom stereocenters. The predicted molar refractivity (Wildman–Crippen MR) is 222 cm³/mol. The molecule has 58 heavy (non-hydrogen) atoms. The monoisotopic (exact) mass is 828 g/mol. The number of nitrogens with one attached hydrogen (secondary N) is 4. The van der Waals surface area contributed by atoms with Gasteiger partial charge in [0, 0.05) is 64.4 Å². The lowest BCUT2D eigenvalue weighted by Gasteiger charge is -2.35. The molecule has 2 aliphatic heterocycles. The third-order valence-corrected chi connectivity index (χ3v) is 11.2. The lowest BCUT2D eigenvalue weighted by atomic mass is 10.1. The van der Waals surface area contributed by atoms with E-state index in [1.54, 1.807) is 31.2 Å². The topological polar surface area (TPSA) is 199 Å². The van der Waals surface area contributed by atoms with Crippen LogP contribution in [0.3, 0.4) is 0 Å². The van der Waals surface area contributed by atoms with Crippen molar-refractivity contribution in [1.29, 1.82) is 0 Å². The van der Waals surface area contributed by atoms with E-state index < -0.39 is 17.9 Å². The molecule has 6 rings (SSSR count). The van der Waals surface area contributed by atoms with Crippen molar-refractivity contribution >= 4 is 86.9 Å². The molecule has 0 radical (unpaired) electrons. The van der Waals surface area contributed by atoms with E-state index in [1.165, 1.54) is 24.6 Å². The van der Waals surface area contributed by atoms with Gasteiger partial charge in [0.25, 0.3) is 17.7 Å². The fourth-order valence-corrected chi connectivity index (χ4v) is 7.84. The Morgan fingerprint density at radius 3 is 2.48 bits per heavy atom. The summed E-state index contributed by atoms with van der Waals surface area (Å²) in [6.45, 7) is 6.53. The van der Waals surface area contributed by atoms with E-state index in [1.807, 2.05) is 30.0 Å². The van der Waals surface area contributed by atoms with Crippen molar-refractivity contribution in [1.82, 2.24) is 30.1 Å². The number of unbranched alkanes of at least 4 members (excludes halogenated alkanes) is 2. The second kappa shape index (κ2) is 19.0. The number of thiazole rings is 1. The Bertz CT molecular complexity index is 2190. The number of halogens is 1. The second-order valence-corrected chi connectivity index (χ2v) is 15.4. The number of piperazine rings is 1. The molecule has 5 amide bonds. The Labute approximate surface area is 344 Å². The molecule has 18 heteroatoms. The van der Waals surface area contributed by atoms with Crippen molar-refractivity contribution in [2.24, 2.45) is 0 Å². The maximum Gasteiger partial charge on any atom is 0.267 e. The third kappa shape index (κ3) is 9.77. The zero-order chi connectivity index (χ0) is 41.3. The van der Waals surface area contributed by atoms with Crippen LogP contribution in [-0.4, -0.2) is 106 Å². The summed E-state index contributed by atoms with van der Waals surface area (Å²) in [7, 11) is 1.48. The number of carbonyl (C=O) groups is 6. The summed E-state index contributed by atoms with van der Waals surface area (Å²) >= 11 is 7.47. The summed E-state index contributed by atoms with van der Waals surface area (Å²) in [5.41, 5.74) is 2.36. The van der Waals surface area contributed by atoms with Crippen LogP contribution in [0, 0.1) is 13.8 Å². The van der Waals surface area contributed by atoms with Crippen LogP contribution in [0.5, 0.6) is 0 Å². The summed E-state index contributed by atoms with van der Waals surface area (Å²) in [6.07, 6.45) is 4.71. The second-order valence-electron chi connectivity index (χ2n) is 13.9. The number of rotatable bonds is 17. The molecule has 0 bridgehead atoms. The molecule has 4 heterocycles. The van der Waals surface area contributed by atoms with Crippen molar-refractivity contribution in [3.8, 4) is 0 Å². The molecule has 1 unspecified atom stereocenters. The number of para-hydroxylation sites is 1. The summed E-state index contributed by atoms with van der Waals surface area (Å²) < 4.78 is 0. The van der Waals surface area contributed by atoms with Crippen molar-refractivity contribution in [2.75, 3.05) is 60.6 Å². The van der Waals surface area contributed by atoms with Gasteiger partial charge < -0.3 is 35.9 Å². The van der Waals surface area contributed by atoms with E-state index in [0.717, 1.165) is 29.1 Å². The maximum absolute atomic E-state index is 13.3. The molecule has 4 N–H and O–H groups in total. The fraction of sp³-hybridized carbons (Fsp3) is 0.375. The Morgan fingerprint density at radius 1 is 0.966 bits per heavy atom. The summed E-state index contributed by atoms with van der Waals surface area (Å²) in [5, 5.41) is 12.7. The Balaban J connectivity index is 0.929. The van der Waals surface area contributed by atoms with E-state index in [4.69, 9.17) is 11.6 Å². The molecule has 2 aromatic heterocycles. The largest absolute Gasteiger partial charge is 0.384 e. The number of hydrogen-bond acceptors (Lipinski definition) is 13. The van der Waals surface area contributed by atoms with Gasteiger partial charge in [0.1, 0.15) is 28.6 Å². The van der Waals surface area contributed by atoms with Crippen LogP contribution in [0.1, 0.15) is 80.3 Å². The zero-order valence-electron chi connectivity index (χ0n) is 32.5. The number of aldehydes is 1. The standard InChI is InChI=1S/C40H45ClN10O6S/c1-24-9-7-11-28(41)36(24)48-37(55)30-22-44-40(58-30)47-31-21-32(46-25(2)45-31)49-17-19-50(20-18-49)34(54)13-5-4-6-16-43-29-12-8-10-27-35(29)39(57)51(38(27)56)26(23-52)14-15-33(53)42-3/h7-12,21-23,26,43H,4-6,13-20H2,1-3H3,(H,42,53)(H,48,55)(H,44,45,46,47). The van der Waals surface area contributed by atoms with Crippen LogP contribution in [0.15, 0.2) is 48.7 Å². The van der Waals surface area contributed by atoms with Crippen LogP contribution in [0.4, 0.5) is 28.1 Å². The quantitative estimate of drug-likeness (QED) is 0.0617. The van der Waals surface area contributed by atoms with Crippen molar-refractivity contribution < 1.29 is 28.8 Å². The molecular formula is C40H45ClN10O6S. The normalized spacial score (nSPS) is 14.2. The Hall–Kier alpha value is -5.94. The highest BCUT2D eigenvalue weighted by Crippen LogP contribution is 2.32. The smallest absolute Gasteiger partial charge is 0.267 e. The van der Waals surface area contributed by atoms with Gasteiger partial charge in [-0.1, -0.05) is 47.6 Å². The molecule has 0 saturated carbocycles. The van der Waals surface area contributed by atoms with E-state index in [-0.39, 0.29) is 41.7 Å². The van der Waals surface area contributed by atoms with Crippen LogP contribution < -0.4 is 26.2 Å². The summed E-state index contributed by atoms with van der Waals surface area (Å²) in [4.78, 5) is 94.8. The first-order valence-electron chi connectivity index (χ1n) is 19.1. The number of hydrogen-bond donors (Lipinski definition) is 4. The van der Waals surface area contributed by atoms with Gasteiger partial charge in [0.2, 0.25) is 11.8 Å². The average molecular weight is 829 g/mol.